The molecule has 6 heteroatoms. The van der Waals surface area contributed by atoms with E-state index in [1.807, 2.05) is 20.8 Å². The minimum absolute atomic E-state index is 0. The smallest absolute Gasteiger partial charge is 0.858 e. The van der Waals surface area contributed by atoms with Crippen LogP contribution in [0.15, 0.2) is 6.20 Å². The summed E-state index contributed by atoms with van der Waals surface area (Å²) in [6, 6.07) is 0. The Balaban J connectivity index is 0.00000225. The molecule has 0 atom stereocenters. The second-order valence-electron chi connectivity index (χ2n) is 3.53. The molecule has 1 aromatic heterocycles. The van der Waals surface area contributed by atoms with E-state index in [9.17, 15) is 5.11 Å². The summed E-state index contributed by atoms with van der Waals surface area (Å²) in [6.45, 7) is 6.77. The van der Waals surface area contributed by atoms with Gasteiger partial charge in [0, 0.05) is 12.8 Å². The maximum Gasteiger partial charge on any atom is 1.00 e. The van der Waals surface area contributed by atoms with Crippen LogP contribution in [0.3, 0.4) is 0 Å². The molecular formula is C10H15LiN2O2S. The van der Waals surface area contributed by atoms with Crippen molar-refractivity contribution in [3.63, 3.8) is 0 Å². The average Bonchev–Trinajstić information content (AvgIpc) is 2.16. The van der Waals surface area contributed by atoms with E-state index in [0.29, 0.717) is 18.9 Å². The molecule has 1 rings (SSSR count). The van der Waals surface area contributed by atoms with Gasteiger partial charge in [0.15, 0.2) is 0 Å². The fraction of sp³-hybridized carbons (Fsp3) is 0.600. The Hall–Kier alpha value is -0.343. The van der Waals surface area contributed by atoms with Crippen molar-refractivity contribution < 1.29 is 28.7 Å². The van der Waals surface area contributed by atoms with Crippen LogP contribution in [0.4, 0.5) is 0 Å². The van der Waals surface area contributed by atoms with Crippen LogP contribution in [0.5, 0.6) is 5.88 Å². The molecule has 1 aromatic rings. The van der Waals surface area contributed by atoms with Crippen LogP contribution in [-0.4, -0.2) is 16.2 Å². The summed E-state index contributed by atoms with van der Waals surface area (Å²) in [5, 5.41) is 11.5. The zero-order chi connectivity index (χ0) is 11.4. The van der Waals surface area contributed by atoms with Crippen LogP contribution in [0.2, 0.25) is 0 Å². The van der Waals surface area contributed by atoms with Crippen molar-refractivity contribution in [2.75, 3.05) is 6.61 Å². The molecule has 0 aromatic carbocycles. The first-order chi connectivity index (χ1) is 7.06. The Morgan fingerprint density at radius 2 is 2.19 bits per heavy atom. The van der Waals surface area contributed by atoms with Crippen LogP contribution in [0.25, 0.3) is 0 Å². The van der Waals surface area contributed by atoms with Gasteiger partial charge in [-0.3, -0.25) is 4.57 Å². The molecule has 16 heavy (non-hydrogen) atoms. The van der Waals surface area contributed by atoms with Crippen LogP contribution < -0.4 is 24.0 Å². The number of aromatic nitrogens is 2. The van der Waals surface area contributed by atoms with Gasteiger partial charge >= 0.3 is 18.9 Å². The number of nitrogens with zero attached hydrogens (tertiary/aromatic N) is 2. The van der Waals surface area contributed by atoms with Crippen LogP contribution in [0, 0.1) is 4.77 Å². The van der Waals surface area contributed by atoms with E-state index < -0.39 is 0 Å². The molecule has 0 spiro atoms. The molecular weight excluding hydrogens is 219 g/mol. The molecule has 1 heterocycles. The quantitative estimate of drug-likeness (QED) is 0.485. The van der Waals surface area contributed by atoms with Crippen molar-refractivity contribution in [3.05, 3.63) is 16.5 Å². The third-order valence-electron chi connectivity index (χ3n) is 2.04. The summed E-state index contributed by atoms with van der Waals surface area (Å²) in [7, 11) is 0. The normalized spacial score (nSPS) is 10.2. The monoisotopic (exact) mass is 234 g/mol. The Morgan fingerprint density at radius 1 is 1.56 bits per heavy atom. The van der Waals surface area contributed by atoms with E-state index in [4.69, 9.17) is 17.0 Å². The first-order valence-electron chi connectivity index (χ1n) is 4.92. The average molecular weight is 234 g/mol. The van der Waals surface area contributed by atoms with E-state index in [1.54, 1.807) is 10.8 Å². The zero-order valence-corrected chi connectivity index (χ0v) is 11.0. The summed E-state index contributed by atoms with van der Waals surface area (Å²) in [6.07, 6.45) is 1.73. The van der Waals surface area contributed by atoms with E-state index in [1.165, 1.54) is 0 Å². The molecule has 0 bridgehead atoms. The van der Waals surface area contributed by atoms with Crippen molar-refractivity contribution in [1.82, 2.24) is 9.55 Å². The summed E-state index contributed by atoms with van der Waals surface area (Å²) in [5.41, 5.74) is 0.670. The van der Waals surface area contributed by atoms with E-state index in [2.05, 4.69) is 4.98 Å². The second-order valence-corrected chi connectivity index (χ2v) is 3.90. The largest absolute Gasteiger partial charge is 1.00 e. The van der Waals surface area contributed by atoms with Gasteiger partial charge in [-0.05, 0) is 36.5 Å². The van der Waals surface area contributed by atoms with Gasteiger partial charge in [-0.15, -0.1) is 0 Å². The number of rotatable bonds is 4. The van der Waals surface area contributed by atoms with E-state index >= 15 is 0 Å². The van der Waals surface area contributed by atoms with Gasteiger partial charge in [0.25, 0.3) is 0 Å². The topological polar surface area (TPSA) is 50.1 Å². The Bertz CT molecular complexity index is 393. The van der Waals surface area contributed by atoms with Crippen molar-refractivity contribution in [1.29, 1.82) is 0 Å². The third kappa shape index (κ3) is 3.91. The van der Waals surface area contributed by atoms with Crippen LogP contribution in [0.1, 0.15) is 32.3 Å². The Morgan fingerprint density at radius 3 is 2.69 bits per heavy atom. The van der Waals surface area contributed by atoms with Gasteiger partial charge < -0.3 is 9.84 Å². The van der Waals surface area contributed by atoms with Crippen molar-refractivity contribution >= 4 is 12.2 Å². The predicted molar refractivity (Wildman–Crippen MR) is 58.2 cm³/mol. The molecule has 0 aliphatic heterocycles. The molecule has 4 nitrogen and oxygen atoms in total. The fourth-order valence-electron chi connectivity index (χ4n) is 1.17. The summed E-state index contributed by atoms with van der Waals surface area (Å²) in [5.74, 6) is -0.0868. The molecule has 0 saturated carbocycles. The van der Waals surface area contributed by atoms with Crippen molar-refractivity contribution in [2.24, 2.45) is 0 Å². The molecule has 0 N–H and O–H groups in total. The number of ether oxygens (including phenoxy) is 1. The minimum atomic E-state index is -0.234. The van der Waals surface area contributed by atoms with Gasteiger partial charge in [0.1, 0.15) is 6.73 Å². The molecule has 84 valence electrons. The molecule has 0 amide bonds. The summed E-state index contributed by atoms with van der Waals surface area (Å²) < 4.78 is 7.18. The second kappa shape index (κ2) is 7.08. The SMILES string of the molecule is CCOCn1cc(C(C)C)c([O-])nc1=S.[Li+]. The predicted octanol–water partition coefficient (Wildman–Crippen LogP) is -1.19. The van der Waals surface area contributed by atoms with Crippen LogP contribution >= 0.6 is 12.2 Å². The summed E-state index contributed by atoms with van der Waals surface area (Å²) >= 11 is 4.97. The number of hydrogen-bond acceptors (Lipinski definition) is 4. The van der Waals surface area contributed by atoms with E-state index in [0.717, 1.165) is 0 Å². The maximum absolute atomic E-state index is 11.5. The molecule has 0 fully saturated rings. The van der Waals surface area contributed by atoms with Crippen LogP contribution in [-0.2, 0) is 11.5 Å². The van der Waals surface area contributed by atoms with Gasteiger partial charge in [0.2, 0.25) is 4.77 Å². The van der Waals surface area contributed by atoms with Gasteiger partial charge in [-0.1, -0.05) is 13.8 Å². The first kappa shape index (κ1) is 15.7. The summed E-state index contributed by atoms with van der Waals surface area (Å²) in [4.78, 5) is 3.79. The standard InChI is InChI=1S/C10H16N2O2S.Li/c1-4-14-6-12-5-8(7(2)3)9(13)11-10(12)15;/h5,7H,4,6H2,1-3H3,(H,11,13,15);/q;+1/p-1. The Labute approximate surface area is 113 Å². The maximum atomic E-state index is 11.5. The molecule has 0 aliphatic carbocycles. The molecule has 0 radical (unpaired) electrons. The molecule has 0 saturated heterocycles. The Kier molecular flexibility index (Phi) is 6.92. The molecule has 0 unspecified atom stereocenters. The van der Waals surface area contributed by atoms with Gasteiger partial charge in [-0.2, -0.15) is 0 Å². The van der Waals surface area contributed by atoms with Crippen molar-refractivity contribution in [2.45, 2.75) is 33.4 Å². The van der Waals surface area contributed by atoms with E-state index in [-0.39, 0.29) is 35.4 Å². The fourth-order valence-corrected chi connectivity index (χ4v) is 1.36. The number of hydrogen-bond donors (Lipinski definition) is 0. The van der Waals surface area contributed by atoms with Gasteiger partial charge in [-0.25, -0.2) is 4.98 Å². The van der Waals surface area contributed by atoms with Crippen molar-refractivity contribution in [3.8, 4) is 5.88 Å². The van der Waals surface area contributed by atoms with Gasteiger partial charge in [0.05, 0.1) is 0 Å². The minimum Gasteiger partial charge on any atom is -0.858 e. The first-order valence-corrected chi connectivity index (χ1v) is 5.33. The third-order valence-corrected chi connectivity index (χ3v) is 2.37. The zero-order valence-electron chi connectivity index (χ0n) is 10.2. The molecule has 0 aliphatic rings.